The summed E-state index contributed by atoms with van der Waals surface area (Å²) in [5, 5.41) is 9.11. The van der Waals surface area contributed by atoms with Crippen molar-refractivity contribution < 1.29 is 14.6 Å². The normalized spacial score (nSPS) is 21.3. The van der Waals surface area contributed by atoms with Gasteiger partial charge in [0.2, 0.25) is 5.91 Å². The molecule has 0 aromatic heterocycles. The van der Waals surface area contributed by atoms with Crippen LogP contribution >= 0.6 is 0 Å². The molecule has 1 aromatic rings. The molecule has 1 saturated heterocycles. The van der Waals surface area contributed by atoms with Crippen LogP contribution in [0, 0.1) is 5.92 Å². The number of hydrogen-bond acceptors (Lipinski definition) is 3. The summed E-state index contributed by atoms with van der Waals surface area (Å²) < 4.78 is 6.19. The molecule has 1 fully saturated rings. The summed E-state index contributed by atoms with van der Waals surface area (Å²) in [6.45, 7) is 7.92. The number of hydrogen-bond donors (Lipinski definition) is 1. The first-order valence-electron chi connectivity index (χ1n) is 9.15. The molecular formula is C20H31NO3. The van der Waals surface area contributed by atoms with E-state index in [0.29, 0.717) is 25.4 Å². The van der Waals surface area contributed by atoms with Gasteiger partial charge in [-0.05, 0) is 23.5 Å². The first-order chi connectivity index (χ1) is 11.5. The standard InChI is InChI=1S/C20H31NO3/c1-4-5-6-18-12-21(13-19(24-18)15(2)3)20(23)11-16-7-9-17(14-22)10-8-16/h7-10,15,18-19,22H,4-6,11-14H2,1-3H3/t18-,19-/m1/s1. The van der Waals surface area contributed by atoms with Crippen LogP contribution in [0.5, 0.6) is 0 Å². The molecule has 0 spiro atoms. The monoisotopic (exact) mass is 333 g/mol. The molecule has 1 heterocycles. The average Bonchev–Trinajstić information content (AvgIpc) is 2.60. The SMILES string of the molecule is CCCC[C@@H]1CN(C(=O)Cc2ccc(CO)cc2)C[C@H](C(C)C)O1. The van der Waals surface area contributed by atoms with E-state index in [1.807, 2.05) is 29.2 Å². The first-order valence-corrected chi connectivity index (χ1v) is 9.15. The molecule has 1 aliphatic heterocycles. The Morgan fingerprint density at radius 1 is 1.25 bits per heavy atom. The van der Waals surface area contributed by atoms with Crippen molar-refractivity contribution in [1.29, 1.82) is 0 Å². The van der Waals surface area contributed by atoms with Crippen molar-refractivity contribution in [2.24, 2.45) is 5.92 Å². The molecule has 0 bridgehead atoms. The zero-order chi connectivity index (χ0) is 17.5. The van der Waals surface area contributed by atoms with E-state index in [0.717, 1.165) is 30.4 Å². The highest BCUT2D eigenvalue weighted by atomic mass is 16.5. The smallest absolute Gasteiger partial charge is 0.227 e. The van der Waals surface area contributed by atoms with Crippen LogP contribution in [-0.2, 0) is 22.6 Å². The third-order valence-corrected chi connectivity index (χ3v) is 4.73. The Kier molecular flexibility index (Phi) is 7.25. The van der Waals surface area contributed by atoms with Crippen LogP contribution in [0.15, 0.2) is 24.3 Å². The van der Waals surface area contributed by atoms with Crippen molar-refractivity contribution in [3.8, 4) is 0 Å². The van der Waals surface area contributed by atoms with Gasteiger partial charge < -0.3 is 14.7 Å². The number of benzene rings is 1. The van der Waals surface area contributed by atoms with E-state index in [4.69, 9.17) is 9.84 Å². The van der Waals surface area contributed by atoms with Crippen LogP contribution in [0.25, 0.3) is 0 Å². The fraction of sp³-hybridized carbons (Fsp3) is 0.650. The lowest BCUT2D eigenvalue weighted by Gasteiger charge is -2.40. The molecule has 2 rings (SSSR count). The summed E-state index contributed by atoms with van der Waals surface area (Å²) >= 11 is 0. The Balaban J connectivity index is 1.99. The second-order valence-corrected chi connectivity index (χ2v) is 7.13. The molecule has 1 aliphatic rings. The van der Waals surface area contributed by atoms with Crippen molar-refractivity contribution in [3.63, 3.8) is 0 Å². The molecule has 1 aromatic carbocycles. The summed E-state index contributed by atoms with van der Waals surface area (Å²) in [6.07, 6.45) is 4.01. The third kappa shape index (κ3) is 5.32. The molecule has 0 saturated carbocycles. The predicted molar refractivity (Wildman–Crippen MR) is 95.7 cm³/mol. The van der Waals surface area contributed by atoms with E-state index < -0.39 is 0 Å². The predicted octanol–water partition coefficient (Wildman–Crippen LogP) is 3.16. The van der Waals surface area contributed by atoms with Gasteiger partial charge in [0.1, 0.15) is 0 Å². The highest BCUT2D eigenvalue weighted by molar-refractivity contribution is 5.79. The van der Waals surface area contributed by atoms with Crippen LogP contribution in [0.1, 0.15) is 51.2 Å². The van der Waals surface area contributed by atoms with E-state index in [9.17, 15) is 4.79 Å². The summed E-state index contributed by atoms with van der Waals surface area (Å²) in [5.41, 5.74) is 1.87. The van der Waals surface area contributed by atoms with Gasteiger partial charge in [-0.25, -0.2) is 0 Å². The zero-order valence-corrected chi connectivity index (χ0v) is 15.2. The van der Waals surface area contributed by atoms with Gasteiger partial charge in [0.25, 0.3) is 0 Å². The van der Waals surface area contributed by atoms with Crippen LogP contribution < -0.4 is 0 Å². The van der Waals surface area contributed by atoms with Crippen molar-refractivity contribution in [2.75, 3.05) is 13.1 Å². The number of amides is 1. The van der Waals surface area contributed by atoms with Gasteiger partial charge in [0.05, 0.1) is 25.2 Å². The number of rotatable bonds is 7. The lowest BCUT2D eigenvalue weighted by Crippen LogP contribution is -2.52. The average molecular weight is 333 g/mol. The van der Waals surface area contributed by atoms with E-state index in [1.165, 1.54) is 0 Å². The van der Waals surface area contributed by atoms with Crippen LogP contribution in [0.3, 0.4) is 0 Å². The second-order valence-electron chi connectivity index (χ2n) is 7.13. The van der Waals surface area contributed by atoms with Crippen molar-refractivity contribution in [1.82, 2.24) is 4.90 Å². The Morgan fingerprint density at radius 2 is 1.92 bits per heavy atom. The molecule has 1 N–H and O–H groups in total. The van der Waals surface area contributed by atoms with E-state index in [-0.39, 0.29) is 24.7 Å². The minimum absolute atomic E-state index is 0.0346. The summed E-state index contributed by atoms with van der Waals surface area (Å²) in [5.74, 6) is 0.579. The second kappa shape index (κ2) is 9.19. The van der Waals surface area contributed by atoms with E-state index >= 15 is 0 Å². The van der Waals surface area contributed by atoms with Crippen molar-refractivity contribution in [2.45, 2.75) is 65.3 Å². The van der Waals surface area contributed by atoms with Gasteiger partial charge in [-0.3, -0.25) is 4.79 Å². The molecule has 0 aliphatic carbocycles. The lowest BCUT2D eigenvalue weighted by molar-refractivity contribution is -0.149. The van der Waals surface area contributed by atoms with Gasteiger partial charge in [0, 0.05) is 13.1 Å². The minimum atomic E-state index is 0.0346. The molecule has 0 radical (unpaired) electrons. The molecule has 2 atom stereocenters. The quantitative estimate of drug-likeness (QED) is 0.834. The lowest BCUT2D eigenvalue weighted by atomic mass is 10.0. The number of nitrogens with zero attached hydrogens (tertiary/aromatic N) is 1. The van der Waals surface area contributed by atoms with Crippen LogP contribution in [0.2, 0.25) is 0 Å². The van der Waals surface area contributed by atoms with E-state index in [2.05, 4.69) is 20.8 Å². The Hall–Kier alpha value is -1.39. The Labute approximate surface area is 145 Å². The number of carbonyl (C=O) groups excluding carboxylic acids is 1. The molecule has 0 unspecified atom stereocenters. The van der Waals surface area contributed by atoms with Gasteiger partial charge >= 0.3 is 0 Å². The van der Waals surface area contributed by atoms with Gasteiger partial charge in [0.15, 0.2) is 0 Å². The zero-order valence-electron chi connectivity index (χ0n) is 15.2. The van der Waals surface area contributed by atoms with Crippen LogP contribution in [0.4, 0.5) is 0 Å². The number of unbranched alkanes of at least 4 members (excludes halogenated alkanes) is 1. The number of morpholine rings is 1. The molecule has 4 heteroatoms. The Bertz CT molecular complexity index is 512. The maximum atomic E-state index is 12.7. The molecule has 134 valence electrons. The van der Waals surface area contributed by atoms with Crippen molar-refractivity contribution in [3.05, 3.63) is 35.4 Å². The van der Waals surface area contributed by atoms with E-state index in [1.54, 1.807) is 0 Å². The molecule has 4 nitrogen and oxygen atoms in total. The topological polar surface area (TPSA) is 49.8 Å². The Morgan fingerprint density at radius 3 is 2.50 bits per heavy atom. The van der Waals surface area contributed by atoms with Crippen molar-refractivity contribution >= 4 is 5.91 Å². The summed E-state index contributed by atoms with van der Waals surface area (Å²) in [4.78, 5) is 14.7. The summed E-state index contributed by atoms with van der Waals surface area (Å²) in [6, 6.07) is 7.61. The largest absolute Gasteiger partial charge is 0.392 e. The third-order valence-electron chi connectivity index (χ3n) is 4.73. The first kappa shape index (κ1) is 18.9. The molecular weight excluding hydrogens is 302 g/mol. The molecule has 24 heavy (non-hydrogen) atoms. The highest BCUT2D eigenvalue weighted by Crippen LogP contribution is 2.21. The minimum Gasteiger partial charge on any atom is -0.392 e. The summed E-state index contributed by atoms with van der Waals surface area (Å²) in [7, 11) is 0. The number of carbonyl (C=O) groups is 1. The van der Waals surface area contributed by atoms with Gasteiger partial charge in [-0.1, -0.05) is 57.9 Å². The number of aliphatic hydroxyl groups excluding tert-OH is 1. The highest BCUT2D eigenvalue weighted by Gasteiger charge is 2.31. The van der Waals surface area contributed by atoms with Crippen LogP contribution in [-0.4, -0.2) is 41.2 Å². The number of ether oxygens (including phenoxy) is 1. The fourth-order valence-electron chi connectivity index (χ4n) is 3.08. The maximum Gasteiger partial charge on any atom is 0.227 e. The number of aliphatic hydroxyl groups is 1. The maximum absolute atomic E-state index is 12.7. The van der Waals surface area contributed by atoms with Gasteiger partial charge in [-0.2, -0.15) is 0 Å². The van der Waals surface area contributed by atoms with Gasteiger partial charge in [-0.15, -0.1) is 0 Å². The molecule has 1 amide bonds. The fourth-order valence-corrected chi connectivity index (χ4v) is 3.08.